The molecular formula is C23H18N2O2. The molecule has 132 valence electrons. The topological polar surface area (TPSA) is 45.5 Å². The van der Waals surface area contributed by atoms with E-state index in [1.54, 1.807) is 6.26 Å². The zero-order chi connectivity index (χ0) is 18.2. The van der Waals surface area contributed by atoms with Crippen molar-refractivity contribution in [3.8, 4) is 0 Å². The van der Waals surface area contributed by atoms with Crippen LogP contribution < -0.4 is 5.32 Å². The van der Waals surface area contributed by atoms with E-state index in [2.05, 4.69) is 35.6 Å². The highest BCUT2D eigenvalue weighted by molar-refractivity contribution is 6.01. The highest BCUT2D eigenvalue weighted by atomic mass is 16.3. The maximum absolute atomic E-state index is 13.2. The van der Waals surface area contributed by atoms with Crippen molar-refractivity contribution in [2.24, 2.45) is 0 Å². The van der Waals surface area contributed by atoms with E-state index < -0.39 is 0 Å². The zero-order valence-electron chi connectivity index (χ0n) is 14.6. The summed E-state index contributed by atoms with van der Waals surface area (Å²) in [6.45, 7) is 0.407. The van der Waals surface area contributed by atoms with Crippen molar-refractivity contribution in [1.82, 2.24) is 4.90 Å². The minimum absolute atomic E-state index is 0.00101. The SMILES string of the molecule is O=C1c2ccccc2N[C@@H](c2ccc3ccccc3c2)N1Cc1ccco1. The lowest BCUT2D eigenvalue weighted by molar-refractivity contribution is 0.0651. The van der Waals surface area contributed by atoms with Crippen molar-refractivity contribution in [2.75, 3.05) is 5.32 Å². The van der Waals surface area contributed by atoms with Gasteiger partial charge < -0.3 is 14.6 Å². The van der Waals surface area contributed by atoms with Crippen molar-refractivity contribution in [1.29, 1.82) is 0 Å². The number of benzene rings is 3. The molecule has 0 radical (unpaired) electrons. The Hall–Kier alpha value is -3.53. The van der Waals surface area contributed by atoms with Gasteiger partial charge in [0.1, 0.15) is 11.9 Å². The number of fused-ring (bicyclic) bond motifs is 2. The van der Waals surface area contributed by atoms with Gasteiger partial charge in [0.05, 0.1) is 18.4 Å². The van der Waals surface area contributed by atoms with E-state index in [0.717, 1.165) is 22.4 Å². The van der Waals surface area contributed by atoms with Gasteiger partial charge in [-0.3, -0.25) is 4.79 Å². The van der Waals surface area contributed by atoms with Gasteiger partial charge in [0.15, 0.2) is 0 Å². The molecule has 1 aliphatic rings. The van der Waals surface area contributed by atoms with Crippen LogP contribution in [0.25, 0.3) is 10.8 Å². The number of rotatable bonds is 3. The monoisotopic (exact) mass is 354 g/mol. The lowest BCUT2D eigenvalue weighted by Gasteiger charge is -2.37. The van der Waals surface area contributed by atoms with Crippen LogP contribution in [0.2, 0.25) is 0 Å². The Morgan fingerprint density at radius 3 is 2.56 bits per heavy atom. The molecule has 0 spiro atoms. The van der Waals surface area contributed by atoms with Crippen LogP contribution in [-0.2, 0) is 6.54 Å². The Labute approximate surface area is 157 Å². The summed E-state index contributed by atoms with van der Waals surface area (Å²) >= 11 is 0. The van der Waals surface area contributed by atoms with E-state index in [0.29, 0.717) is 12.1 Å². The van der Waals surface area contributed by atoms with E-state index in [4.69, 9.17) is 4.42 Å². The summed E-state index contributed by atoms with van der Waals surface area (Å²) in [5, 5.41) is 5.87. The molecular weight excluding hydrogens is 336 g/mol. The molecule has 1 amide bonds. The quantitative estimate of drug-likeness (QED) is 0.550. The van der Waals surface area contributed by atoms with Gasteiger partial charge in [-0.05, 0) is 46.7 Å². The molecule has 0 saturated carbocycles. The van der Waals surface area contributed by atoms with E-state index in [9.17, 15) is 4.79 Å². The summed E-state index contributed by atoms with van der Waals surface area (Å²) in [6, 6.07) is 25.9. The fourth-order valence-electron chi connectivity index (χ4n) is 3.67. The van der Waals surface area contributed by atoms with Gasteiger partial charge in [0, 0.05) is 5.69 Å². The second-order valence-corrected chi connectivity index (χ2v) is 6.71. The lowest BCUT2D eigenvalue weighted by Crippen LogP contribution is -2.42. The number of anilines is 1. The Balaban J connectivity index is 1.61. The first kappa shape index (κ1) is 15.7. The summed E-state index contributed by atoms with van der Waals surface area (Å²) in [7, 11) is 0. The van der Waals surface area contributed by atoms with Crippen molar-refractivity contribution in [3.63, 3.8) is 0 Å². The van der Waals surface area contributed by atoms with E-state index in [1.165, 1.54) is 5.39 Å². The first-order valence-electron chi connectivity index (χ1n) is 8.97. The minimum atomic E-state index is -0.262. The van der Waals surface area contributed by atoms with Crippen LogP contribution >= 0.6 is 0 Å². The van der Waals surface area contributed by atoms with Gasteiger partial charge in [0.25, 0.3) is 5.91 Å². The number of hydrogen-bond acceptors (Lipinski definition) is 3. The molecule has 0 unspecified atom stereocenters. The predicted octanol–water partition coefficient (Wildman–Crippen LogP) is 5.20. The average Bonchev–Trinajstić information content (AvgIpc) is 3.23. The second-order valence-electron chi connectivity index (χ2n) is 6.71. The van der Waals surface area contributed by atoms with Gasteiger partial charge >= 0.3 is 0 Å². The van der Waals surface area contributed by atoms with E-state index in [1.807, 2.05) is 53.4 Å². The molecule has 0 aliphatic carbocycles. The van der Waals surface area contributed by atoms with Gasteiger partial charge in [-0.25, -0.2) is 0 Å². The van der Waals surface area contributed by atoms with Crippen LogP contribution in [0.1, 0.15) is 27.8 Å². The van der Waals surface area contributed by atoms with Crippen LogP contribution in [-0.4, -0.2) is 10.8 Å². The molecule has 5 rings (SSSR count). The predicted molar refractivity (Wildman–Crippen MR) is 105 cm³/mol. The zero-order valence-corrected chi connectivity index (χ0v) is 14.6. The van der Waals surface area contributed by atoms with Gasteiger partial charge in [-0.15, -0.1) is 0 Å². The van der Waals surface area contributed by atoms with Crippen molar-refractivity contribution < 1.29 is 9.21 Å². The molecule has 4 aromatic rings. The third kappa shape index (κ3) is 2.75. The van der Waals surface area contributed by atoms with Crippen LogP contribution in [0, 0.1) is 0 Å². The third-order valence-corrected chi connectivity index (χ3v) is 5.02. The first-order chi connectivity index (χ1) is 13.3. The highest BCUT2D eigenvalue weighted by Crippen LogP contribution is 2.35. The molecule has 4 nitrogen and oxygen atoms in total. The molecule has 1 aromatic heterocycles. The third-order valence-electron chi connectivity index (χ3n) is 5.02. The second kappa shape index (κ2) is 6.32. The number of carbonyl (C=O) groups is 1. The summed E-state index contributed by atoms with van der Waals surface area (Å²) in [4.78, 5) is 15.1. The highest BCUT2D eigenvalue weighted by Gasteiger charge is 2.33. The maximum atomic E-state index is 13.2. The molecule has 4 heteroatoms. The van der Waals surface area contributed by atoms with Crippen molar-refractivity contribution >= 4 is 22.4 Å². The molecule has 0 bridgehead atoms. The van der Waals surface area contributed by atoms with E-state index >= 15 is 0 Å². The molecule has 0 fully saturated rings. The Morgan fingerprint density at radius 2 is 1.70 bits per heavy atom. The molecule has 3 aromatic carbocycles. The first-order valence-corrected chi connectivity index (χ1v) is 8.97. The maximum Gasteiger partial charge on any atom is 0.258 e. The summed E-state index contributed by atoms with van der Waals surface area (Å²) in [5.41, 5.74) is 2.58. The molecule has 2 heterocycles. The number of nitrogens with one attached hydrogen (secondary N) is 1. The Bertz CT molecular complexity index is 1120. The Morgan fingerprint density at radius 1 is 0.889 bits per heavy atom. The van der Waals surface area contributed by atoms with Crippen LogP contribution in [0.5, 0.6) is 0 Å². The summed E-state index contributed by atoms with van der Waals surface area (Å²) in [6.07, 6.45) is 1.37. The van der Waals surface area contributed by atoms with Crippen LogP contribution in [0.3, 0.4) is 0 Å². The van der Waals surface area contributed by atoms with Gasteiger partial charge in [0.2, 0.25) is 0 Å². The van der Waals surface area contributed by atoms with Crippen LogP contribution in [0.4, 0.5) is 5.69 Å². The normalized spacial score (nSPS) is 16.2. The molecule has 1 N–H and O–H groups in total. The van der Waals surface area contributed by atoms with E-state index in [-0.39, 0.29) is 12.1 Å². The van der Waals surface area contributed by atoms with Crippen LogP contribution in [0.15, 0.2) is 89.5 Å². The number of carbonyl (C=O) groups excluding carboxylic acids is 1. The number of amides is 1. The standard InChI is InChI=1S/C23H18N2O2/c26-23-20-9-3-4-10-21(20)24-22(25(23)15-19-8-5-13-27-19)18-12-11-16-6-1-2-7-17(16)14-18/h1-14,22,24H,15H2/t22-/m1/s1. The Kier molecular flexibility index (Phi) is 3.68. The largest absolute Gasteiger partial charge is 0.467 e. The number of hydrogen-bond donors (Lipinski definition) is 1. The molecule has 0 saturated heterocycles. The smallest absolute Gasteiger partial charge is 0.258 e. The fraction of sp³-hybridized carbons (Fsp3) is 0.0870. The summed E-state index contributed by atoms with van der Waals surface area (Å²) in [5.74, 6) is 0.759. The lowest BCUT2D eigenvalue weighted by atomic mass is 10.0. The molecule has 1 atom stereocenters. The number of para-hydroxylation sites is 1. The van der Waals surface area contributed by atoms with Gasteiger partial charge in [-0.1, -0.05) is 48.5 Å². The van der Waals surface area contributed by atoms with Gasteiger partial charge in [-0.2, -0.15) is 0 Å². The number of nitrogens with zero attached hydrogens (tertiary/aromatic N) is 1. The fourth-order valence-corrected chi connectivity index (χ4v) is 3.67. The molecule has 27 heavy (non-hydrogen) atoms. The van der Waals surface area contributed by atoms with Crippen molar-refractivity contribution in [3.05, 3.63) is 102 Å². The average molecular weight is 354 g/mol. The summed E-state index contributed by atoms with van der Waals surface area (Å²) < 4.78 is 5.51. The number of furan rings is 1. The minimum Gasteiger partial charge on any atom is -0.467 e. The van der Waals surface area contributed by atoms with Crippen molar-refractivity contribution in [2.45, 2.75) is 12.7 Å². The molecule has 1 aliphatic heterocycles.